The summed E-state index contributed by atoms with van der Waals surface area (Å²) < 4.78 is 15.3. The zero-order valence-electron chi connectivity index (χ0n) is 10.2. The first-order chi connectivity index (χ1) is 8.21. The minimum absolute atomic E-state index is 0.186. The molecule has 0 fully saturated rings. The summed E-state index contributed by atoms with van der Waals surface area (Å²) in [6, 6.07) is 5.38. The van der Waals surface area contributed by atoms with E-state index in [1.54, 1.807) is 39.4 Å². The maximum Gasteiger partial charge on any atom is 0.188 e. The van der Waals surface area contributed by atoms with Crippen LogP contribution in [-0.4, -0.2) is 27.3 Å². The third kappa shape index (κ3) is 3.92. The summed E-state index contributed by atoms with van der Waals surface area (Å²) in [5.74, 6) is 1.31. The van der Waals surface area contributed by atoms with E-state index < -0.39 is 0 Å². The van der Waals surface area contributed by atoms with Gasteiger partial charge >= 0.3 is 0 Å². The predicted molar refractivity (Wildman–Crippen MR) is 65.2 cm³/mol. The quantitative estimate of drug-likeness (QED) is 0.432. The molecule has 0 bridgehead atoms. The molecule has 0 saturated carbocycles. The predicted octanol–water partition coefficient (Wildman–Crippen LogP) is 2.28. The van der Waals surface area contributed by atoms with Crippen molar-refractivity contribution in [3.05, 3.63) is 29.3 Å². The molecule has 4 heteroatoms. The van der Waals surface area contributed by atoms with Gasteiger partial charge in [0, 0.05) is 18.7 Å². The zero-order valence-corrected chi connectivity index (χ0v) is 10.2. The lowest BCUT2D eigenvalue weighted by Crippen LogP contribution is -1.99. The molecule has 92 valence electrons. The number of rotatable bonds is 6. The van der Waals surface area contributed by atoms with E-state index in [1.165, 1.54) is 0 Å². The first-order valence-electron chi connectivity index (χ1n) is 5.14. The van der Waals surface area contributed by atoms with Gasteiger partial charge in [-0.15, -0.1) is 0 Å². The Morgan fingerprint density at radius 2 is 2.12 bits per heavy atom. The maximum atomic E-state index is 10.6. The third-order valence-electron chi connectivity index (χ3n) is 2.12. The molecule has 1 rings (SSSR count). The second-order valence-corrected chi connectivity index (χ2v) is 3.46. The fourth-order valence-electron chi connectivity index (χ4n) is 1.31. The van der Waals surface area contributed by atoms with E-state index in [2.05, 4.69) is 0 Å². The Labute approximate surface area is 101 Å². The summed E-state index contributed by atoms with van der Waals surface area (Å²) in [7, 11) is 3.13. The summed E-state index contributed by atoms with van der Waals surface area (Å²) in [4.78, 5) is 10.6. The van der Waals surface area contributed by atoms with Crippen molar-refractivity contribution in [1.82, 2.24) is 0 Å². The lowest BCUT2D eigenvalue weighted by molar-refractivity contribution is -0.104. The van der Waals surface area contributed by atoms with Gasteiger partial charge in [0.05, 0.1) is 7.11 Å². The van der Waals surface area contributed by atoms with Gasteiger partial charge in [0.2, 0.25) is 0 Å². The van der Waals surface area contributed by atoms with Crippen LogP contribution in [0.4, 0.5) is 0 Å². The summed E-state index contributed by atoms with van der Waals surface area (Å²) in [5, 5.41) is 0. The fourth-order valence-corrected chi connectivity index (χ4v) is 1.31. The van der Waals surface area contributed by atoms with Crippen LogP contribution < -0.4 is 9.47 Å². The molecule has 0 aliphatic rings. The van der Waals surface area contributed by atoms with Crippen LogP contribution in [0.15, 0.2) is 23.8 Å². The number of methoxy groups -OCH3 is 2. The average Bonchev–Trinajstić information content (AvgIpc) is 2.37. The molecule has 0 saturated heterocycles. The lowest BCUT2D eigenvalue weighted by Gasteiger charge is -2.09. The summed E-state index contributed by atoms with van der Waals surface area (Å²) in [6.07, 6.45) is 2.56. The van der Waals surface area contributed by atoms with E-state index in [9.17, 15) is 4.79 Å². The minimum atomic E-state index is 0.186. The van der Waals surface area contributed by atoms with Gasteiger partial charge in [-0.05, 0) is 30.7 Å². The molecule has 0 radical (unpaired) electrons. The van der Waals surface area contributed by atoms with Gasteiger partial charge in [-0.1, -0.05) is 0 Å². The van der Waals surface area contributed by atoms with Crippen molar-refractivity contribution in [2.75, 3.05) is 21.0 Å². The second kappa shape index (κ2) is 6.70. The van der Waals surface area contributed by atoms with E-state index in [4.69, 9.17) is 14.2 Å². The van der Waals surface area contributed by atoms with Crippen molar-refractivity contribution in [2.45, 2.75) is 6.92 Å². The van der Waals surface area contributed by atoms with Gasteiger partial charge in [0.1, 0.15) is 17.8 Å². The fraction of sp³-hybridized carbons (Fsp3) is 0.308. The molecule has 0 heterocycles. The monoisotopic (exact) mass is 236 g/mol. The Hall–Kier alpha value is -1.81. The molecule has 1 aromatic rings. The SMILES string of the molecule is COCOc1ccc(/C=C(/C)C=O)c(OC)c1. The smallest absolute Gasteiger partial charge is 0.188 e. The highest BCUT2D eigenvalue weighted by Gasteiger charge is 2.03. The lowest BCUT2D eigenvalue weighted by atomic mass is 10.1. The Morgan fingerprint density at radius 3 is 2.71 bits per heavy atom. The molecular weight excluding hydrogens is 220 g/mol. The van der Waals surface area contributed by atoms with Gasteiger partial charge in [0.25, 0.3) is 0 Å². The van der Waals surface area contributed by atoms with Gasteiger partial charge in [-0.25, -0.2) is 0 Å². The number of hydrogen-bond acceptors (Lipinski definition) is 4. The van der Waals surface area contributed by atoms with Gasteiger partial charge < -0.3 is 14.2 Å². The van der Waals surface area contributed by atoms with E-state index in [-0.39, 0.29) is 6.79 Å². The van der Waals surface area contributed by atoms with Crippen LogP contribution in [0.25, 0.3) is 6.08 Å². The maximum absolute atomic E-state index is 10.6. The van der Waals surface area contributed by atoms with Crippen molar-refractivity contribution < 1.29 is 19.0 Å². The zero-order chi connectivity index (χ0) is 12.7. The molecular formula is C13H16O4. The number of aldehydes is 1. The molecule has 1 aromatic carbocycles. The van der Waals surface area contributed by atoms with Crippen LogP contribution >= 0.6 is 0 Å². The molecule has 0 amide bonds. The number of benzene rings is 1. The second-order valence-electron chi connectivity index (χ2n) is 3.46. The number of allylic oxidation sites excluding steroid dienone is 1. The first-order valence-corrected chi connectivity index (χ1v) is 5.14. The molecule has 0 atom stereocenters. The third-order valence-corrected chi connectivity index (χ3v) is 2.12. The molecule has 0 aliphatic heterocycles. The topological polar surface area (TPSA) is 44.8 Å². The van der Waals surface area contributed by atoms with Crippen LogP contribution in [0.3, 0.4) is 0 Å². The van der Waals surface area contributed by atoms with Crippen molar-refractivity contribution in [3.8, 4) is 11.5 Å². The average molecular weight is 236 g/mol. The van der Waals surface area contributed by atoms with Gasteiger partial charge in [-0.2, -0.15) is 0 Å². The highest BCUT2D eigenvalue weighted by atomic mass is 16.7. The standard InChI is InChI=1S/C13H16O4/c1-10(8-14)6-11-4-5-12(17-9-15-2)7-13(11)16-3/h4-8H,9H2,1-3H3/b10-6-. The van der Waals surface area contributed by atoms with E-state index in [1.807, 2.05) is 6.07 Å². The van der Waals surface area contributed by atoms with E-state index in [0.717, 1.165) is 11.8 Å². The highest BCUT2D eigenvalue weighted by molar-refractivity contribution is 5.81. The van der Waals surface area contributed by atoms with Gasteiger partial charge in [-0.3, -0.25) is 4.79 Å². The van der Waals surface area contributed by atoms with Crippen molar-refractivity contribution in [1.29, 1.82) is 0 Å². The normalized spacial score (nSPS) is 11.1. The summed E-state index contributed by atoms with van der Waals surface area (Å²) >= 11 is 0. The molecule has 0 aromatic heterocycles. The largest absolute Gasteiger partial charge is 0.496 e. The van der Waals surface area contributed by atoms with Crippen molar-refractivity contribution in [3.63, 3.8) is 0 Å². The molecule has 4 nitrogen and oxygen atoms in total. The van der Waals surface area contributed by atoms with Crippen LogP contribution in [0, 0.1) is 0 Å². The summed E-state index contributed by atoms with van der Waals surface area (Å²) in [5.41, 5.74) is 1.47. The Balaban J connectivity index is 2.96. The van der Waals surface area contributed by atoms with Crippen LogP contribution in [0.1, 0.15) is 12.5 Å². The van der Waals surface area contributed by atoms with Crippen LogP contribution in [0.2, 0.25) is 0 Å². The first kappa shape index (κ1) is 13.3. The number of carbonyl (C=O) groups is 1. The Kier molecular flexibility index (Phi) is 5.23. The Bertz CT molecular complexity index is 410. The van der Waals surface area contributed by atoms with Crippen molar-refractivity contribution in [2.24, 2.45) is 0 Å². The highest BCUT2D eigenvalue weighted by Crippen LogP contribution is 2.26. The van der Waals surface area contributed by atoms with Gasteiger partial charge in [0.15, 0.2) is 6.79 Å². The number of carbonyl (C=O) groups excluding carboxylic acids is 1. The Morgan fingerprint density at radius 1 is 1.35 bits per heavy atom. The molecule has 0 aliphatic carbocycles. The van der Waals surface area contributed by atoms with Crippen molar-refractivity contribution >= 4 is 12.4 Å². The minimum Gasteiger partial charge on any atom is -0.496 e. The van der Waals surface area contributed by atoms with Crippen LogP contribution in [-0.2, 0) is 9.53 Å². The molecule has 17 heavy (non-hydrogen) atoms. The molecule has 0 unspecified atom stereocenters. The van der Waals surface area contributed by atoms with E-state index >= 15 is 0 Å². The number of ether oxygens (including phenoxy) is 3. The van der Waals surface area contributed by atoms with Crippen LogP contribution in [0.5, 0.6) is 11.5 Å². The number of hydrogen-bond donors (Lipinski definition) is 0. The summed E-state index contributed by atoms with van der Waals surface area (Å²) in [6.45, 7) is 1.92. The van der Waals surface area contributed by atoms with E-state index in [0.29, 0.717) is 17.1 Å². The molecule has 0 spiro atoms. The molecule has 0 N–H and O–H groups in total.